The first-order chi connectivity index (χ1) is 10.1. The Hall–Kier alpha value is -1.62. The molecule has 0 bridgehead atoms. The molecule has 6 heteroatoms. The lowest BCUT2D eigenvalue weighted by Crippen LogP contribution is -2.06. The molecule has 0 spiro atoms. The van der Waals surface area contributed by atoms with Gasteiger partial charge in [-0.1, -0.05) is 35.9 Å². The van der Waals surface area contributed by atoms with E-state index >= 15 is 0 Å². The van der Waals surface area contributed by atoms with Crippen molar-refractivity contribution < 1.29 is 13.9 Å². The molecule has 0 radical (unpaired) electrons. The van der Waals surface area contributed by atoms with Crippen LogP contribution in [0.2, 0.25) is 5.02 Å². The summed E-state index contributed by atoms with van der Waals surface area (Å²) in [5.74, 6) is -0.907. The SMILES string of the molecule is COC(=O)c1c(Cl)cccc1-c1ccc(CCN)c(F)c1.Cl. The quantitative estimate of drug-likeness (QED) is 0.857. The number of carbonyl (C=O) groups is 1. The summed E-state index contributed by atoms with van der Waals surface area (Å²) in [6.07, 6.45) is 0.464. The number of methoxy groups -OCH3 is 1. The summed E-state index contributed by atoms with van der Waals surface area (Å²) >= 11 is 6.06. The van der Waals surface area contributed by atoms with Gasteiger partial charge in [0.2, 0.25) is 0 Å². The highest BCUT2D eigenvalue weighted by atomic mass is 35.5. The van der Waals surface area contributed by atoms with Crippen molar-refractivity contribution in [1.82, 2.24) is 0 Å². The molecule has 118 valence electrons. The molecule has 0 unspecified atom stereocenters. The molecule has 0 saturated carbocycles. The van der Waals surface area contributed by atoms with Gasteiger partial charge in [-0.25, -0.2) is 9.18 Å². The van der Waals surface area contributed by atoms with Crippen LogP contribution in [0, 0.1) is 5.82 Å². The zero-order chi connectivity index (χ0) is 15.4. The van der Waals surface area contributed by atoms with Crippen LogP contribution in [0.25, 0.3) is 11.1 Å². The number of esters is 1. The molecule has 0 aromatic heterocycles. The Morgan fingerprint density at radius 1 is 1.32 bits per heavy atom. The van der Waals surface area contributed by atoms with Crippen molar-refractivity contribution in [3.8, 4) is 11.1 Å². The predicted molar refractivity (Wildman–Crippen MR) is 88.2 cm³/mol. The van der Waals surface area contributed by atoms with Gasteiger partial charge >= 0.3 is 5.97 Å². The van der Waals surface area contributed by atoms with Crippen LogP contribution < -0.4 is 5.73 Å². The molecule has 2 N–H and O–H groups in total. The zero-order valence-corrected chi connectivity index (χ0v) is 13.5. The second-order valence-corrected chi connectivity index (χ2v) is 4.91. The lowest BCUT2D eigenvalue weighted by molar-refractivity contribution is 0.0602. The Morgan fingerprint density at radius 3 is 2.64 bits per heavy atom. The number of nitrogens with two attached hydrogens (primary N) is 1. The number of halogens is 3. The highest BCUT2D eigenvalue weighted by molar-refractivity contribution is 6.34. The van der Waals surface area contributed by atoms with Gasteiger partial charge < -0.3 is 10.5 Å². The molecule has 0 saturated heterocycles. The molecule has 0 atom stereocenters. The number of hydrogen-bond acceptors (Lipinski definition) is 3. The molecule has 2 aromatic carbocycles. The first-order valence-electron chi connectivity index (χ1n) is 6.44. The fourth-order valence-corrected chi connectivity index (χ4v) is 2.40. The maximum Gasteiger partial charge on any atom is 0.340 e. The number of ether oxygens (including phenoxy) is 1. The largest absolute Gasteiger partial charge is 0.465 e. The summed E-state index contributed by atoms with van der Waals surface area (Å²) < 4.78 is 18.8. The topological polar surface area (TPSA) is 52.3 Å². The minimum absolute atomic E-state index is 0. The molecule has 0 heterocycles. The summed E-state index contributed by atoms with van der Waals surface area (Å²) in [6.45, 7) is 0.376. The predicted octanol–water partition coefficient (Wildman–Crippen LogP) is 3.86. The van der Waals surface area contributed by atoms with E-state index in [1.165, 1.54) is 13.2 Å². The summed E-state index contributed by atoms with van der Waals surface area (Å²) in [5.41, 5.74) is 7.31. The minimum atomic E-state index is -0.554. The fraction of sp³-hybridized carbons (Fsp3) is 0.188. The molecule has 0 aliphatic rings. The van der Waals surface area contributed by atoms with E-state index in [1.807, 2.05) is 0 Å². The van der Waals surface area contributed by atoms with Gasteiger partial charge in [-0.15, -0.1) is 12.4 Å². The molecule has 0 amide bonds. The summed E-state index contributed by atoms with van der Waals surface area (Å²) in [4.78, 5) is 11.9. The molecule has 2 aromatic rings. The number of benzene rings is 2. The van der Waals surface area contributed by atoms with Crippen LogP contribution in [0.1, 0.15) is 15.9 Å². The molecule has 0 aliphatic heterocycles. The van der Waals surface area contributed by atoms with Crippen molar-refractivity contribution in [3.05, 3.63) is 58.4 Å². The van der Waals surface area contributed by atoms with Crippen molar-refractivity contribution in [2.24, 2.45) is 5.73 Å². The smallest absolute Gasteiger partial charge is 0.340 e. The standard InChI is InChI=1S/C16H15ClFNO2.ClH/c1-21-16(20)15-12(3-2-4-13(15)17)11-6-5-10(7-8-19)14(18)9-11;/h2-6,9H,7-8,19H2,1H3;1H. The Labute approximate surface area is 139 Å². The van der Waals surface area contributed by atoms with Gasteiger partial charge in [0.05, 0.1) is 17.7 Å². The van der Waals surface area contributed by atoms with Crippen LogP contribution in [0.5, 0.6) is 0 Å². The molecule has 2 rings (SSSR count). The highest BCUT2D eigenvalue weighted by Crippen LogP contribution is 2.30. The van der Waals surface area contributed by atoms with Gasteiger partial charge in [0.25, 0.3) is 0 Å². The Bertz CT molecular complexity index is 677. The maximum absolute atomic E-state index is 14.0. The Balaban J connectivity index is 0.00000242. The Kier molecular flexibility index (Phi) is 6.81. The van der Waals surface area contributed by atoms with Crippen LogP contribution in [0.4, 0.5) is 4.39 Å². The van der Waals surface area contributed by atoms with Crippen LogP contribution in [-0.4, -0.2) is 19.6 Å². The van der Waals surface area contributed by atoms with Gasteiger partial charge in [-0.2, -0.15) is 0 Å². The normalized spacial score (nSPS) is 10.0. The van der Waals surface area contributed by atoms with Gasteiger partial charge in [0, 0.05) is 0 Å². The third-order valence-corrected chi connectivity index (χ3v) is 3.50. The van der Waals surface area contributed by atoms with Crippen molar-refractivity contribution >= 4 is 30.0 Å². The van der Waals surface area contributed by atoms with E-state index in [4.69, 9.17) is 22.1 Å². The van der Waals surface area contributed by atoms with Gasteiger partial charge in [0.1, 0.15) is 5.82 Å². The van der Waals surface area contributed by atoms with E-state index < -0.39 is 5.97 Å². The van der Waals surface area contributed by atoms with Crippen LogP contribution in [-0.2, 0) is 11.2 Å². The molecular formula is C16H16Cl2FNO2. The van der Waals surface area contributed by atoms with Crippen LogP contribution in [0.3, 0.4) is 0 Å². The van der Waals surface area contributed by atoms with Crippen molar-refractivity contribution in [3.63, 3.8) is 0 Å². The summed E-state index contributed by atoms with van der Waals surface area (Å²) in [5, 5.41) is 0.269. The Morgan fingerprint density at radius 2 is 2.05 bits per heavy atom. The molecule has 0 fully saturated rings. The van der Waals surface area contributed by atoms with Crippen LogP contribution >= 0.6 is 24.0 Å². The number of rotatable bonds is 4. The van der Waals surface area contributed by atoms with Gasteiger partial charge in [-0.05, 0) is 41.8 Å². The summed E-state index contributed by atoms with van der Waals surface area (Å²) in [6, 6.07) is 9.79. The second kappa shape index (κ2) is 8.13. The van der Waals surface area contributed by atoms with E-state index in [2.05, 4.69) is 0 Å². The number of carbonyl (C=O) groups excluding carboxylic acids is 1. The van der Waals surface area contributed by atoms with Crippen molar-refractivity contribution in [2.75, 3.05) is 13.7 Å². The van der Waals surface area contributed by atoms with E-state index in [-0.39, 0.29) is 28.8 Å². The van der Waals surface area contributed by atoms with Gasteiger partial charge in [0.15, 0.2) is 0 Å². The summed E-state index contributed by atoms with van der Waals surface area (Å²) in [7, 11) is 1.28. The molecule has 3 nitrogen and oxygen atoms in total. The first kappa shape index (κ1) is 18.4. The van der Waals surface area contributed by atoms with E-state index in [0.717, 1.165) is 0 Å². The average molecular weight is 344 g/mol. The molecule has 22 heavy (non-hydrogen) atoms. The van der Waals surface area contributed by atoms with E-state index in [1.54, 1.807) is 30.3 Å². The van der Waals surface area contributed by atoms with E-state index in [9.17, 15) is 9.18 Å². The van der Waals surface area contributed by atoms with Crippen molar-refractivity contribution in [1.29, 1.82) is 0 Å². The average Bonchev–Trinajstić information content (AvgIpc) is 2.48. The third-order valence-electron chi connectivity index (χ3n) is 3.18. The third kappa shape index (κ3) is 3.77. The molecular weight excluding hydrogens is 328 g/mol. The van der Waals surface area contributed by atoms with Gasteiger partial charge in [-0.3, -0.25) is 0 Å². The number of hydrogen-bond donors (Lipinski definition) is 1. The monoisotopic (exact) mass is 343 g/mol. The minimum Gasteiger partial charge on any atom is -0.465 e. The van der Waals surface area contributed by atoms with Crippen LogP contribution in [0.15, 0.2) is 36.4 Å². The first-order valence-corrected chi connectivity index (χ1v) is 6.82. The lowest BCUT2D eigenvalue weighted by atomic mass is 9.97. The van der Waals surface area contributed by atoms with E-state index in [0.29, 0.717) is 29.7 Å². The lowest BCUT2D eigenvalue weighted by Gasteiger charge is -2.11. The second-order valence-electron chi connectivity index (χ2n) is 4.50. The molecule has 0 aliphatic carbocycles. The maximum atomic E-state index is 14.0. The zero-order valence-electron chi connectivity index (χ0n) is 11.9. The fourth-order valence-electron chi connectivity index (χ4n) is 2.15. The van der Waals surface area contributed by atoms with Crippen molar-refractivity contribution in [2.45, 2.75) is 6.42 Å². The highest BCUT2D eigenvalue weighted by Gasteiger charge is 2.17.